The molecule has 3 rings (SSSR count). The Bertz CT molecular complexity index is 885. The number of alkyl carbamates (subject to hydrolysis) is 1. The number of amides is 1. The molecular formula is C21H24N2O6S. The van der Waals surface area contributed by atoms with E-state index in [1.807, 2.05) is 35.2 Å². The Morgan fingerprint density at radius 3 is 2.70 bits per heavy atom. The van der Waals surface area contributed by atoms with Crippen molar-refractivity contribution in [1.29, 1.82) is 0 Å². The molecule has 2 heterocycles. The summed E-state index contributed by atoms with van der Waals surface area (Å²) in [5.41, 5.74) is 1.22. The zero-order chi connectivity index (χ0) is 21.5. The second kappa shape index (κ2) is 10.2. The molecule has 1 aromatic carbocycles. The molecule has 160 valence electrons. The van der Waals surface area contributed by atoms with Crippen molar-refractivity contribution in [3.05, 3.63) is 52.4 Å². The molecule has 1 fully saturated rings. The van der Waals surface area contributed by atoms with E-state index in [9.17, 15) is 14.4 Å². The van der Waals surface area contributed by atoms with Crippen LogP contribution >= 0.6 is 11.3 Å². The average Bonchev–Trinajstić information content (AvgIpc) is 3.22. The Labute approximate surface area is 178 Å². The standard InChI is InChI=1S/C21H24N2O6S/c1-27-17-11-23(18-10-15(12-24)19(30-18)20(25)28-2)9-8-16(17)22-21(26)29-13-14-6-4-3-5-7-14/h3-7,10,12,16-17H,8-9,11,13H2,1-2H3,(H,22,26)/t16-,17+/m1/s1. The van der Waals surface area contributed by atoms with Crippen LogP contribution in [0.15, 0.2) is 36.4 Å². The molecule has 1 amide bonds. The van der Waals surface area contributed by atoms with Gasteiger partial charge >= 0.3 is 12.1 Å². The van der Waals surface area contributed by atoms with Crippen LogP contribution in [0.25, 0.3) is 0 Å². The van der Waals surface area contributed by atoms with Gasteiger partial charge in [-0.2, -0.15) is 0 Å². The molecule has 1 aromatic heterocycles. The van der Waals surface area contributed by atoms with Gasteiger partial charge in [-0.15, -0.1) is 11.3 Å². The number of benzene rings is 1. The summed E-state index contributed by atoms with van der Waals surface area (Å²) >= 11 is 1.21. The van der Waals surface area contributed by atoms with E-state index in [0.29, 0.717) is 31.4 Å². The van der Waals surface area contributed by atoms with Gasteiger partial charge in [0.25, 0.3) is 0 Å². The van der Waals surface area contributed by atoms with Crippen LogP contribution in [-0.4, -0.2) is 57.8 Å². The number of nitrogens with zero attached hydrogens (tertiary/aromatic N) is 1. The molecule has 30 heavy (non-hydrogen) atoms. The van der Waals surface area contributed by atoms with Crippen molar-refractivity contribution in [3.63, 3.8) is 0 Å². The maximum Gasteiger partial charge on any atom is 0.407 e. The van der Waals surface area contributed by atoms with Gasteiger partial charge in [0.15, 0.2) is 6.29 Å². The summed E-state index contributed by atoms with van der Waals surface area (Å²) in [4.78, 5) is 37.7. The topological polar surface area (TPSA) is 94.2 Å². The highest BCUT2D eigenvalue weighted by atomic mass is 32.1. The third kappa shape index (κ3) is 5.17. The number of rotatable bonds is 7. The maximum atomic E-state index is 12.2. The Balaban J connectivity index is 1.59. The van der Waals surface area contributed by atoms with Crippen LogP contribution < -0.4 is 10.2 Å². The van der Waals surface area contributed by atoms with E-state index < -0.39 is 12.1 Å². The number of hydrogen-bond donors (Lipinski definition) is 1. The first-order chi connectivity index (χ1) is 14.5. The molecule has 2 atom stereocenters. The first kappa shape index (κ1) is 21.8. The van der Waals surface area contributed by atoms with Crippen LogP contribution in [0.4, 0.5) is 9.80 Å². The van der Waals surface area contributed by atoms with Crippen LogP contribution in [0, 0.1) is 0 Å². The fraction of sp³-hybridized carbons (Fsp3) is 0.381. The Hall–Kier alpha value is -2.91. The number of carbonyl (C=O) groups excluding carboxylic acids is 3. The lowest BCUT2D eigenvalue weighted by Crippen LogP contribution is -2.54. The third-order valence-electron chi connectivity index (χ3n) is 4.94. The van der Waals surface area contributed by atoms with Gasteiger partial charge in [-0.1, -0.05) is 30.3 Å². The molecule has 1 saturated heterocycles. The minimum atomic E-state index is -0.533. The number of hydrogen-bond acceptors (Lipinski definition) is 8. The lowest BCUT2D eigenvalue weighted by molar-refractivity contribution is 0.0547. The highest BCUT2D eigenvalue weighted by molar-refractivity contribution is 7.18. The minimum Gasteiger partial charge on any atom is -0.465 e. The van der Waals surface area contributed by atoms with Crippen molar-refractivity contribution in [2.75, 3.05) is 32.2 Å². The molecule has 0 saturated carbocycles. The highest BCUT2D eigenvalue weighted by Crippen LogP contribution is 2.32. The molecule has 0 radical (unpaired) electrons. The second-order valence-corrected chi connectivity index (χ2v) is 7.83. The fourth-order valence-electron chi connectivity index (χ4n) is 3.32. The van der Waals surface area contributed by atoms with Gasteiger partial charge in [-0.25, -0.2) is 9.59 Å². The van der Waals surface area contributed by atoms with E-state index >= 15 is 0 Å². The summed E-state index contributed by atoms with van der Waals surface area (Å²) in [5, 5.41) is 3.66. The summed E-state index contributed by atoms with van der Waals surface area (Å²) in [6.07, 6.45) is 0.510. The minimum absolute atomic E-state index is 0.198. The van der Waals surface area contributed by atoms with Gasteiger partial charge in [0.2, 0.25) is 0 Å². The predicted octanol–water partition coefficient (Wildman–Crippen LogP) is 2.87. The number of methoxy groups -OCH3 is 2. The van der Waals surface area contributed by atoms with Gasteiger partial charge in [-0.3, -0.25) is 4.79 Å². The zero-order valence-corrected chi connectivity index (χ0v) is 17.6. The molecular weight excluding hydrogens is 408 g/mol. The summed E-state index contributed by atoms with van der Waals surface area (Å²) in [6.45, 7) is 1.33. The SMILES string of the molecule is COC(=O)c1sc(N2CC[C@@H](NC(=O)OCc3ccccc3)[C@@H](OC)C2)cc1C=O. The molecule has 0 bridgehead atoms. The van der Waals surface area contributed by atoms with Gasteiger partial charge in [0, 0.05) is 25.8 Å². The first-order valence-electron chi connectivity index (χ1n) is 9.48. The van der Waals surface area contributed by atoms with Crippen molar-refractivity contribution in [2.45, 2.75) is 25.2 Å². The number of esters is 1. The quantitative estimate of drug-likeness (QED) is 0.531. The third-order valence-corrected chi connectivity index (χ3v) is 6.13. The van der Waals surface area contributed by atoms with Crippen molar-refractivity contribution >= 4 is 34.7 Å². The Morgan fingerprint density at radius 2 is 2.03 bits per heavy atom. The summed E-state index contributed by atoms with van der Waals surface area (Å²) in [6, 6.07) is 10.9. The molecule has 1 N–H and O–H groups in total. The Kier molecular flexibility index (Phi) is 7.42. The summed E-state index contributed by atoms with van der Waals surface area (Å²) in [7, 11) is 2.87. The van der Waals surface area contributed by atoms with Gasteiger partial charge in [0.05, 0.1) is 24.3 Å². The van der Waals surface area contributed by atoms with Crippen molar-refractivity contribution < 1.29 is 28.6 Å². The van der Waals surface area contributed by atoms with E-state index in [4.69, 9.17) is 14.2 Å². The van der Waals surface area contributed by atoms with E-state index in [1.54, 1.807) is 13.2 Å². The predicted molar refractivity (Wildman–Crippen MR) is 112 cm³/mol. The number of ether oxygens (including phenoxy) is 3. The van der Waals surface area contributed by atoms with E-state index in [-0.39, 0.29) is 23.6 Å². The van der Waals surface area contributed by atoms with Gasteiger partial charge in [-0.05, 0) is 18.1 Å². The highest BCUT2D eigenvalue weighted by Gasteiger charge is 2.32. The molecule has 2 aromatic rings. The van der Waals surface area contributed by atoms with Crippen LogP contribution in [0.2, 0.25) is 0 Å². The molecule has 1 aliphatic heterocycles. The molecule has 0 unspecified atom stereocenters. The van der Waals surface area contributed by atoms with Gasteiger partial charge in [0.1, 0.15) is 11.5 Å². The maximum absolute atomic E-state index is 12.2. The number of thiophene rings is 1. The van der Waals surface area contributed by atoms with Crippen molar-refractivity contribution in [3.8, 4) is 0 Å². The summed E-state index contributed by atoms with van der Waals surface area (Å²) < 4.78 is 15.6. The van der Waals surface area contributed by atoms with Crippen LogP contribution in [0.1, 0.15) is 32.0 Å². The number of nitrogens with one attached hydrogen (secondary N) is 1. The lowest BCUT2D eigenvalue weighted by Gasteiger charge is -2.38. The second-order valence-electron chi connectivity index (χ2n) is 6.80. The van der Waals surface area contributed by atoms with Crippen LogP contribution in [-0.2, 0) is 20.8 Å². The number of carbonyl (C=O) groups is 3. The number of piperidine rings is 1. The Morgan fingerprint density at radius 1 is 1.27 bits per heavy atom. The van der Waals surface area contributed by atoms with Crippen LogP contribution in [0.5, 0.6) is 0 Å². The van der Waals surface area contributed by atoms with E-state index in [0.717, 1.165) is 10.6 Å². The molecule has 0 spiro atoms. The van der Waals surface area contributed by atoms with E-state index in [2.05, 4.69) is 5.32 Å². The molecule has 0 aliphatic carbocycles. The monoisotopic (exact) mass is 432 g/mol. The molecule has 9 heteroatoms. The molecule has 8 nitrogen and oxygen atoms in total. The van der Waals surface area contributed by atoms with Crippen molar-refractivity contribution in [2.24, 2.45) is 0 Å². The summed E-state index contributed by atoms with van der Waals surface area (Å²) in [5.74, 6) is -0.533. The zero-order valence-electron chi connectivity index (χ0n) is 16.8. The smallest absolute Gasteiger partial charge is 0.407 e. The average molecular weight is 432 g/mol. The van der Waals surface area contributed by atoms with Crippen LogP contribution in [0.3, 0.4) is 0 Å². The first-order valence-corrected chi connectivity index (χ1v) is 10.3. The largest absolute Gasteiger partial charge is 0.465 e. The lowest BCUT2D eigenvalue weighted by atomic mass is 10.0. The van der Waals surface area contributed by atoms with E-state index in [1.165, 1.54) is 18.4 Å². The van der Waals surface area contributed by atoms with Gasteiger partial charge < -0.3 is 24.4 Å². The van der Waals surface area contributed by atoms with Crippen molar-refractivity contribution in [1.82, 2.24) is 5.32 Å². The number of aldehydes is 1. The number of anilines is 1. The molecule has 1 aliphatic rings. The normalized spacial score (nSPS) is 18.5. The fourth-order valence-corrected chi connectivity index (χ4v) is 4.41.